The highest BCUT2D eigenvalue weighted by Gasteiger charge is 2.00. The average molecular weight is 151 g/mol. The monoisotopic (exact) mass is 151 g/mol. The summed E-state index contributed by atoms with van der Waals surface area (Å²) >= 11 is 0. The van der Waals surface area contributed by atoms with Gasteiger partial charge in [0.2, 0.25) is 0 Å². The van der Waals surface area contributed by atoms with E-state index in [4.69, 9.17) is 11.5 Å². The number of hydrogen-bond donors (Lipinski definition) is 2. The molecule has 0 atom stereocenters. The zero-order valence-electron chi connectivity index (χ0n) is 6.62. The molecule has 0 saturated heterocycles. The average Bonchev–Trinajstić information content (AvgIpc) is 2.05. The maximum absolute atomic E-state index is 5.45. The summed E-state index contributed by atoms with van der Waals surface area (Å²) in [6.45, 7) is 2.05. The highest BCUT2D eigenvalue weighted by molar-refractivity contribution is 5.13. The van der Waals surface area contributed by atoms with Crippen LogP contribution in [0.4, 0.5) is 0 Å². The van der Waals surface area contributed by atoms with Crippen LogP contribution < -0.4 is 11.5 Å². The van der Waals surface area contributed by atoms with Gasteiger partial charge in [0.1, 0.15) is 0 Å². The molecule has 0 aliphatic carbocycles. The Morgan fingerprint density at radius 2 is 2.18 bits per heavy atom. The largest absolute Gasteiger partial charge is 0.311 e. The Morgan fingerprint density at radius 3 is 2.73 bits per heavy atom. The van der Waals surface area contributed by atoms with E-state index < -0.39 is 6.17 Å². The van der Waals surface area contributed by atoms with Crippen LogP contribution in [0.3, 0.4) is 0 Å². The van der Waals surface area contributed by atoms with Gasteiger partial charge in [0.15, 0.2) is 0 Å². The normalized spacial score (nSPS) is 10.5. The number of pyridine rings is 1. The number of nitrogens with zero attached hydrogens (tertiary/aromatic N) is 1. The molecule has 3 heteroatoms. The van der Waals surface area contributed by atoms with Crippen LogP contribution in [0, 0.1) is 0 Å². The first-order valence-corrected chi connectivity index (χ1v) is 3.71. The molecule has 0 saturated carbocycles. The van der Waals surface area contributed by atoms with Gasteiger partial charge in [-0.15, -0.1) is 0 Å². The van der Waals surface area contributed by atoms with Crippen molar-refractivity contribution in [3.8, 4) is 0 Å². The Morgan fingerprint density at radius 1 is 1.45 bits per heavy atom. The molecule has 0 bridgehead atoms. The highest BCUT2D eigenvalue weighted by atomic mass is 14.9. The first-order valence-electron chi connectivity index (χ1n) is 3.71. The molecule has 60 valence electrons. The van der Waals surface area contributed by atoms with Crippen molar-refractivity contribution >= 4 is 0 Å². The molecular formula is C8H13N3. The van der Waals surface area contributed by atoms with E-state index in [0.717, 1.165) is 17.8 Å². The molecule has 1 heterocycles. The topological polar surface area (TPSA) is 64.9 Å². The summed E-state index contributed by atoms with van der Waals surface area (Å²) in [4.78, 5) is 4.24. The van der Waals surface area contributed by atoms with E-state index in [0.29, 0.717) is 0 Å². The lowest BCUT2D eigenvalue weighted by Gasteiger charge is -2.05. The Hall–Kier alpha value is -0.930. The second-order valence-electron chi connectivity index (χ2n) is 2.43. The predicted molar refractivity (Wildman–Crippen MR) is 44.7 cm³/mol. The fourth-order valence-electron chi connectivity index (χ4n) is 0.881. The molecule has 4 N–H and O–H groups in total. The standard InChI is InChI=1S/C8H13N3/c1-2-6-4-3-5-7(11-6)8(9)10/h3-5,8H,2,9-10H2,1H3. The molecule has 0 spiro atoms. The SMILES string of the molecule is CCc1cccc(C(N)N)n1. The number of nitrogens with two attached hydrogens (primary N) is 2. The van der Waals surface area contributed by atoms with Gasteiger partial charge in [-0.25, -0.2) is 0 Å². The van der Waals surface area contributed by atoms with E-state index in [1.54, 1.807) is 0 Å². The van der Waals surface area contributed by atoms with Crippen molar-refractivity contribution in [3.63, 3.8) is 0 Å². The number of aromatic nitrogens is 1. The lowest BCUT2D eigenvalue weighted by Crippen LogP contribution is -2.21. The van der Waals surface area contributed by atoms with E-state index in [1.165, 1.54) is 0 Å². The van der Waals surface area contributed by atoms with Crippen LogP contribution in [0.2, 0.25) is 0 Å². The maximum Gasteiger partial charge on any atom is 0.0959 e. The first kappa shape index (κ1) is 8.17. The van der Waals surface area contributed by atoms with Crippen molar-refractivity contribution in [1.82, 2.24) is 4.98 Å². The summed E-state index contributed by atoms with van der Waals surface area (Å²) in [6.07, 6.45) is 0.460. The van der Waals surface area contributed by atoms with Gasteiger partial charge in [-0.3, -0.25) is 4.98 Å². The number of rotatable bonds is 2. The van der Waals surface area contributed by atoms with Gasteiger partial charge in [-0.1, -0.05) is 13.0 Å². The van der Waals surface area contributed by atoms with E-state index in [-0.39, 0.29) is 0 Å². The third-order valence-corrected chi connectivity index (χ3v) is 1.53. The minimum absolute atomic E-state index is 0.457. The summed E-state index contributed by atoms with van der Waals surface area (Å²) in [5, 5.41) is 0. The first-order chi connectivity index (χ1) is 5.24. The highest BCUT2D eigenvalue weighted by Crippen LogP contribution is 2.03. The molecule has 0 unspecified atom stereocenters. The van der Waals surface area contributed by atoms with E-state index >= 15 is 0 Å². The zero-order valence-corrected chi connectivity index (χ0v) is 6.62. The Labute approximate surface area is 66.4 Å². The van der Waals surface area contributed by atoms with Gasteiger partial charge >= 0.3 is 0 Å². The molecule has 3 nitrogen and oxygen atoms in total. The molecule has 0 radical (unpaired) electrons. The molecule has 11 heavy (non-hydrogen) atoms. The van der Waals surface area contributed by atoms with Crippen LogP contribution in [0.5, 0.6) is 0 Å². The summed E-state index contributed by atoms with van der Waals surface area (Å²) in [6, 6.07) is 5.73. The van der Waals surface area contributed by atoms with Gasteiger partial charge in [-0.2, -0.15) is 0 Å². The van der Waals surface area contributed by atoms with Crippen LogP contribution >= 0.6 is 0 Å². The van der Waals surface area contributed by atoms with Crippen molar-refractivity contribution < 1.29 is 0 Å². The van der Waals surface area contributed by atoms with Gasteiger partial charge in [0, 0.05) is 5.69 Å². The van der Waals surface area contributed by atoms with Crippen LogP contribution in [-0.2, 0) is 6.42 Å². The minimum atomic E-state index is -0.457. The van der Waals surface area contributed by atoms with Crippen LogP contribution in [0.25, 0.3) is 0 Å². The fraction of sp³-hybridized carbons (Fsp3) is 0.375. The van der Waals surface area contributed by atoms with Crippen LogP contribution in [0.1, 0.15) is 24.5 Å². The second-order valence-corrected chi connectivity index (χ2v) is 2.43. The molecule has 1 rings (SSSR count). The maximum atomic E-state index is 5.45. The molecule has 0 aromatic carbocycles. The zero-order chi connectivity index (χ0) is 8.27. The van der Waals surface area contributed by atoms with E-state index in [9.17, 15) is 0 Å². The molecule has 1 aromatic heterocycles. The predicted octanol–water partition coefficient (Wildman–Crippen LogP) is 0.560. The smallest absolute Gasteiger partial charge is 0.0959 e. The van der Waals surface area contributed by atoms with Crippen molar-refractivity contribution in [2.24, 2.45) is 11.5 Å². The molecule has 0 fully saturated rings. The summed E-state index contributed by atoms with van der Waals surface area (Å²) < 4.78 is 0. The quantitative estimate of drug-likeness (QED) is 0.607. The van der Waals surface area contributed by atoms with Crippen molar-refractivity contribution in [2.45, 2.75) is 19.5 Å². The molecule has 1 aromatic rings. The molecule has 0 aliphatic rings. The summed E-state index contributed by atoms with van der Waals surface area (Å²) in [7, 11) is 0. The lowest BCUT2D eigenvalue weighted by atomic mass is 10.2. The molecule has 0 aliphatic heterocycles. The Balaban J connectivity index is 2.91. The van der Waals surface area contributed by atoms with Gasteiger partial charge in [0.25, 0.3) is 0 Å². The third kappa shape index (κ3) is 2.00. The Kier molecular flexibility index (Phi) is 2.57. The number of aryl methyl sites for hydroxylation is 1. The van der Waals surface area contributed by atoms with Gasteiger partial charge in [-0.05, 0) is 18.6 Å². The fourth-order valence-corrected chi connectivity index (χ4v) is 0.881. The molecular weight excluding hydrogens is 138 g/mol. The Bertz CT molecular complexity index is 233. The minimum Gasteiger partial charge on any atom is -0.311 e. The van der Waals surface area contributed by atoms with Crippen LogP contribution in [0.15, 0.2) is 18.2 Å². The van der Waals surface area contributed by atoms with E-state index in [1.807, 2.05) is 25.1 Å². The van der Waals surface area contributed by atoms with Crippen LogP contribution in [-0.4, -0.2) is 4.98 Å². The van der Waals surface area contributed by atoms with Gasteiger partial charge in [0.05, 0.1) is 11.9 Å². The van der Waals surface area contributed by atoms with Crippen molar-refractivity contribution in [1.29, 1.82) is 0 Å². The summed E-state index contributed by atoms with van der Waals surface area (Å²) in [5.41, 5.74) is 12.7. The molecule has 0 amide bonds. The van der Waals surface area contributed by atoms with Crippen molar-refractivity contribution in [3.05, 3.63) is 29.6 Å². The lowest BCUT2D eigenvalue weighted by molar-refractivity contribution is 0.733. The summed E-state index contributed by atoms with van der Waals surface area (Å²) in [5.74, 6) is 0. The van der Waals surface area contributed by atoms with E-state index in [2.05, 4.69) is 4.98 Å². The van der Waals surface area contributed by atoms with Gasteiger partial charge < -0.3 is 11.5 Å². The number of hydrogen-bond acceptors (Lipinski definition) is 3. The third-order valence-electron chi connectivity index (χ3n) is 1.53. The second kappa shape index (κ2) is 3.46. The van der Waals surface area contributed by atoms with Crippen molar-refractivity contribution in [2.75, 3.05) is 0 Å².